The van der Waals surface area contributed by atoms with Crippen LogP contribution in [0.25, 0.3) is 11.0 Å². The van der Waals surface area contributed by atoms with Gasteiger partial charge in [0.2, 0.25) is 0 Å². The molecule has 0 bridgehead atoms. The summed E-state index contributed by atoms with van der Waals surface area (Å²) in [5, 5.41) is 3.36. The highest BCUT2D eigenvalue weighted by molar-refractivity contribution is 6.31. The van der Waals surface area contributed by atoms with Crippen molar-refractivity contribution in [1.29, 1.82) is 0 Å². The van der Waals surface area contributed by atoms with Gasteiger partial charge in [-0.25, -0.2) is 0 Å². The van der Waals surface area contributed by atoms with Gasteiger partial charge in [0, 0.05) is 6.20 Å². The van der Waals surface area contributed by atoms with E-state index in [1.807, 2.05) is 0 Å². The molecule has 2 aromatic rings. The number of nitrogens with zero attached hydrogens (tertiary/aromatic N) is 1. The van der Waals surface area contributed by atoms with Gasteiger partial charge in [0.25, 0.3) is 0 Å². The first kappa shape index (κ1) is 10.1. The number of nitrogens with one attached hydrogen (secondary N) is 2. The number of H-pyrrole nitrogens is 1. The average molecular weight is 224 g/mol. The normalized spacial score (nSPS) is 10.8. The Morgan fingerprint density at radius 2 is 2.40 bits per heavy atom. The van der Waals surface area contributed by atoms with Crippen molar-refractivity contribution in [3.05, 3.63) is 29.0 Å². The second-order valence-electron chi connectivity index (χ2n) is 3.22. The number of Topliss-reactive ketones (excluding diaryl/α,β-unsaturated/α-hetero) is 1. The van der Waals surface area contributed by atoms with Crippen LogP contribution in [0.1, 0.15) is 10.5 Å². The first-order valence-electron chi connectivity index (χ1n) is 4.53. The molecule has 2 rings (SSSR count). The molecular weight excluding hydrogens is 214 g/mol. The minimum atomic E-state index is 0.00613. The molecule has 0 atom stereocenters. The fourth-order valence-corrected chi connectivity index (χ4v) is 1.55. The van der Waals surface area contributed by atoms with Gasteiger partial charge in [0.05, 0.1) is 28.3 Å². The lowest BCUT2D eigenvalue weighted by Gasteiger charge is -1.94. The van der Waals surface area contributed by atoms with Crippen molar-refractivity contribution in [2.75, 3.05) is 13.6 Å². The van der Waals surface area contributed by atoms with E-state index in [0.717, 1.165) is 11.0 Å². The van der Waals surface area contributed by atoms with Crippen LogP contribution in [0.3, 0.4) is 0 Å². The number of carbonyl (C=O) groups is 1. The molecule has 4 nitrogen and oxygen atoms in total. The van der Waals surface area contributed by atoms with Gasteiger partial charge in [-0.2, -0.15) is 0 Å². The van der Waals surface area contributed by atoms with E-state index in [9.17, 15) is 4.79 Å². The van der Waals surface area contributed by atoms with Gasteiger partial charge >= 0.3 is 0 Å². The molecule has 0 aliphatic rings. The molecule has 0 unspecified atom stereocenters. The molecule has 0 aliphatic carbocycles. The smallest absolute Gasteiger partial charge is 0.192 e. The monoisotopic (exact) mass is 223 g/mol. The summed E-state index contributed by atoms with van der Waals surface area (Å²) in [5.41, 5.74) is 2.08. The van der Waals surface area contributed by atoms with Crippen LogP contribution >= 0.6 is 11.6 Å². The van der Waals surface area contributed by atoms with Crippen LogP contribution in [-0.2, 0) is 0 Å². The molecule has 2 N–H and O–H groups in total. The summed E-state index contributed by atoms with van der Waals surface area (Å²) in [4.78, 5) is 18.6. The van der Waals surface area contributed by atoms with Crippen LogP contribution in [0, 0.1) is 0 Å². The van der Waals surface area contributed by atoms with Gasteiger partial charge in [-0.3, -0.25) is 9.78 Å². The molecule has 2 heterocycles. The molecule has 0 aromatic carbocycles. The van der Waals surface area contributed by atoms with Crippen LogP contribution in [0.5, 0.6) is 0 Å². The molecule has 2 aromatic heterocycles. The van der Waals surface area contributed by atoms with Crippen LogP contribution < -0.4 is 5.32 Å². The maximum atomic E-state index is 11.5. The lowest BCUT2D eigenvalue weighted by Crippen LogP contribution is -2.18. The first-order valence-corrected chi connectivity index (χ1v) is 4.90. The minimum Gasteiger partial charge on any atom is -0.351 e. The molecule has 0 amide bonds. The maximum absolute atomic E-state index is 11.5. The highest BCUT2D eigenvalue weighted by Gasteiger charge is 2.09. The quantitative estimate of drug-likeness (QED) is 0.778. The largest absolute Gasteiger partial charge is 0.351 e. The summed E-state index contributed by atoms with van der Waals surface area (Å²) < 4.78 is 0. The van der Waals surface area contributed by atoms with E-state index in [1.165, 1.54) is 0 Å². The van der Waals surface area contributed by atoms with Crippen molar-refractivity contribution < 1.29 is 4.79 Å². The van der Waals surface area contributed by atoms with Crippen LogP contribution in [0.4, 0.5) is 0 Å². The highest BCUT2D eigenvalue weighted by Crippen LogP contribution is 2.17. The van der Waals surface area contributed by atoms with Crippen molar-refractivity contribution in [3.63, 3.8) is 0 Å². The van der Waals surface area contributed by atoms with E-state index in [2.05, 4.69) is 15.3 Å². The summed E-state index contributed by atoms with van der Waals surface area (Å²) in [7, 11) is 1.73. The Bertz CT molecular complexity index is 506. The Morgan fingerprint density at radius 3 is 3.13 bits per heavy atom. The van der Waals surface area contributed by atoms with Gasteiger partial charge in [0.1, 0.15) is 0 Å². The number of likely N-dealkylation sites (N-methyl/N-ethyl adjacent to an activating group) is 1. The number of pyridine rings is 1. The van der Waals surface area contributed by atoms with Crippen LogP contribution in [0.15, 0.2) is 18.3 Å². The number of aromatic amines is 1. The molecule has 78 valence electrons. The Balaban J connectivity index is 2.42. The van der Waals surface area contributed by atoms with Gasteiger partial charge < -0.3 is 10.3 Å². The van der Waals surface area contributed by atoms with Crippen molar-refractivity contribution in [2.45, 2.75) is 0 Å². The average Bonchev–Trinajstić information content (AvgIpc) is 2.60. The zero-order valence-corrected chi connectivity index (χ0v) is 8.93. The number of hydrogen-bond acceptors (Lipinski definition) is 3. The zero-order valence-electron chi connectivity index (χ0n) is 8.17. The van der Waals surface area contributed by atoms with Crippen molar-refractivity contribution >= 4 is 28.4 Å². The van der Waals surface area contributed by atoms with E-state index in [1.54, 1.807) is 25.4 Å². The number of rotatable bonds is 3. The summed E-state index contributed by atoms with van der Waals surface area (Å²) in [6.07, 6.45) is 1.56. The predicted octanol–water partition coefficient (Wildman–Crippen LogP) is 1.62. The van der Waals surface area contributed by atoms with Gasteiger partial charge in [-0.1, -0.05) is 11.6 Å². The Labute approximate surface area is 91.7 Å². The fraction of sp³-hybridized carbons (Fsp3) is 0.200. The van der Waals surface area contributed by atoms with E-state index in [4.69, 9.17) is 11.6 Å². The second-order valence-corrected chi connectivity index (χ2v) is 3.66. The Hall–Kier alpha value is -1.39. The fourth-order valence-electron chi connectivity index (χ4n) is 1.39. The van der Waals surface area contributed by atoms with Crippen LogP contribution in [-0.4, -0.2) is 29.3 Å². The van der Waals surface area contributed by atoms with E-state index < -0.39 is 0 Å². The molecule has 0 saturated carbocycles. The Morgan fingerprint density at radius 1 is 1.60 bits per heavy atom. The summed E-state index contributed by atoms with van der Waals surface area (Å²) in [6.45, 7) is 0.306. The van der Waals surface area contributed by atoms with E-state index in [0.29, 0.717) is 17.3 Å². The third-order valence-corrected chi connectivity index (χ3v) is 2.28. The predicted molar refractivity (Wildman–Crippen MR) is 59.4 cm³/mol. The molecule has 0 radical (unpaired) electrons. The highest BCUT2D eigenvalue weighted by atomic mass is 35.5. The van der Waals surface area contributed by atoms with Gasteiger partial charge in [-0.05, 0) is 19.2 Å². The van der Waals surface area contributed by atoms with Crippen LogP contribution in [0.2, 0.25) is 5.02 Å². The number of hydrogen-bond donors (Lipinski definition) is 2. The van der Waals surface area contributed by atoms with E-state index in [-0.39, 0.29) is 5.78 Å². The summed E-state index contributed by atoms with van der Waals surface area (Å²) in [5.74, 6) is 0.00613. The summed E-state index contributed by atoms with van der Waals surface area (Å²) >= 11 is 5.79. The molecule has 15 heavy (non-hydrogen) atoms. The summed E-state index contributed by atoms with van der Waals surface area (Å²) in [6, 6.07) is 3.48. The molecule has 5 heteroatoms. The Kier molecular flexibility index (Phi) is 2.70. The number of fused-ring (bicyclic) bond motifs is 1. The van der Waals surface area contributed by atoms with Crippen molar-refractivity contribution in [3.8, 4) is 0 Å². The standard InChI is InChI=1S/C10H10ClN3O/c1-12-5-10(15)9-3-7-8(14-9)2-6(11)4-13-7/h2-4,12,14H,5H2,1H3. The van der Waals surface area contributed by atoms with Crippen molar-refractivity contribution in [2.24, 2.45) is 0 Å². The second kappa shape index (κ2) is 4.00. The zero-order chi connectivity index (χ0) is 10.8. The number of carbonyl (C=O) groups excluding carboxylic acids is 1. The third-order valence-electron chi connectivity index (χ3n) is 2.07. The van der Waals surface area contributed by atoms with Gasteiger partial charge in [-0.15, -0.1) is 0 Å². The lowest BCUT2D eigenvalue weighted by molar-refractivity contribution is 0.0989. The number of aromatic nitrogens is 2. The molecular formula is C10H10ClN3O. The third kappa shape index (κ3) is 2.00. The minimum absolute atomic E-state index is 0.00613. The SMILES string of the molecule is CNCC(=O)c1cc2ncc(Cl)cc2[nH]1. The molecule has 0 saturated heterocycles. The van der Waals surface area contributed by atoms with Crippen molar-refractivity contribution in [1.82, 2.24) is 15.3 Å². The van der Waals surface area contributed by atoms with Gasteiger partial charge in [0.15, 0.2) is 5.78 Å². The first-order chi connectivity index (χ1) is 7.20. The molecule has 0 aliphatic heterocycles. The van der Waals surface area contributed by atoms with E-state index >= 15 is 0 Å². The lowest BCUT2D eigenvalue weighted by atomic mass is 10.3. The number of ketones is 1. The molecule has 0 spiro atoms. The topological polar surface area (TPSA) is 57.8 Å². The number of halogens is 1. The molecule has 0 fully saturated rings. The maximum Gasteiger partial charge on any atom is 0.192 e.